The van der Waals surface area contributed by atoms with Crippen LogP contribution in [0.3, 0.4) is 0 Å². The van der Waals surface area contributed by atoms with Crippen LogP contribution in [0.5, 0.6) is 5.75 Å². The van der Waals surface area contributed by atoms with Crippen LogP contribution in [0.4, 0.5) is 0 Å². The third kappa shape index (κ3) is 5.90. The van der Waals surface area contributed by atoms with Gasteiger partial charge in [0.2, 0.25) is 15.9 Å². The average molecular weight is 471 g/mol. The number of ether oxygens (including phenoxy) is 1. The predicted molar refractivity (Wildman–Crippen MR) is 118 cm³/mol. The van der Waals surface area contributed by atoms with Gasteiger partial charge in [-0.2, -0.15) is 0 Å². The number of pyridine rings is 1. The van der Waals surface area contributed by atoms with E-state index >= 15 is 0 Å². The van der Waals surface area contributed by atoms with Gasteiger partial charge in [-0.05, 0) is 35.9 Å². The van der Waals surface area contributed by atoms with E-state index in [0.717, 1.165) is 22.5 Å². The van der Waals surface area contributed by atoms with E-state index in [1.54, 1.807) is 12.3 Å². The second-order valence-corrected chi connectivity index (χ2v) is 8.76. The number of hydrogen-bond donors (Lipinski definition) is 3. The fourth-order valence-corrected chi connectivity index (χ4v) is 4.51. The largest absolute Gasteiger partial charge is 0.492 e. The number of aldehydes is 1. The molecule has 0 bridgehead atoms. The van der Waals surface area contributed by atoms with E-state index < -0.39 is 34.4 Å². The van der Waals surface area contributed by atoms with Crippen molar-refractivity contribution in [3.05, 3.63) is 65.9 Å². The third-order valence-corrected chi connectivity index (χ3v) is 6.28. The summed E-state index contributed by atoms with van der Waals surface area (Å²) in [7, 11) is -4.35. The Morgan fingerprint density at radius 1 is 1.18 bits per heavy atom. The van der Waals surface area contributed by atoms with Crippen molar-refractivity contribution >= 4 is 39.1 Å². The van der Waals surface area contributed by atoms with Gasteiger partial charge >= 0.3 is 5.97 Å². The number of sulfonamides is 1. The number of carboxylic acid groups (broad SMARTS) is 1. The Morgan fingerprint density at radius 2 is 1.97 bits per heavy atom. The maximum Gasteiger partial charge on any atom is 0.305 e. The van der Waals surface area contributed by atoms with E-state index in [-0.39, 0.29) is 29.1 Å². The van der Waals surface area contributed by atoms with Crippen LogP contribution in [0.15, 0.2) is 59.6 Å². The number of carbonyl (C=O) groups is 3. The quantitative estimate of drug-likeness (QED) is 0.352. The van der Waals surface area contributed by atoms with Crippen LogP contribution in [-0.4, -0.2) is 49.3 Å². The smallest absolute Gasteiger partial charge is 0.305 e. The summed E-state index contributed by atoms with van der Waals surface area (Å²) in [6, 6.07) is 11.4. The van der Waals surface area contributed by atoms with Gasteiger partial charge in [-0.15, -0.1) is 0 Å². The molecule has 1 atom stereocenters. The number of carboxylic acids is 1. The molecule has 33 heavy (non-hydrogen) atoms. The minimum absolute atomic E-state index is 0.0239. The predicted octanol–water partition coefficient (Wildman–Crippen LogP) is 1.28. The number of nitrogens with two attached hydrogens (primary N) is 1. The van der Waals surface area contributed by atoms with Crippen molar-refractivity contribution in [3.8, 4) is 5.75 Å². The van der Waals surface area contributed by atoms with Gasteiger partial charge < -0.3 is 20.4 Å². The molecular formula is C22H21N3O7S. The van der Waals surface area contributed by atoms with Crippen molar-refractivity contribution in [3.63, 3.8) is 0 Å². The summed E-state index contributed by atoms with van der Waals surface area (Å²) < 4.78 is 33.4. The number of nitrogens with one attached hydrogen (secondary N) is 1. The molecule has 4 N–H and O–H groups in total. The lowest BCUT2D eigenvalue weighted by Crippen LogP contribution is -2.37. The number of benzene rings is 2. The molecule has 1 aromatic heterocycles. The number of hydrogen-bond acceptors (Lipinski definition) is 7. The Morgan fingerprint density at radius 3 is 2.67 bits per heavy atom. The monoisotopic (exact) mass is 471 g/mol. The number of carbonyl (C=O) groups excluding carboxylic acids is 2. The number of amides is 1. The number of fused-ring (bicyclic) bond motifs is 1. The van der Waals surface area contributed by atoms with E-state index in [4.69, 9.17) is 15.6 Å². The highest BCUT2D eigenvalue weighted by atomic mass is 32.2. The van der Waals surface area contributed by atoms with Crippen LogP contribution >= 0.6 is 0 Å². The van der Waals surface area contributed by atoms with Crippen LogP contribution in [-0.2, 0) is 26.0 Å². The van der Waals surface area contributed by atoms with Gasteiger partial charge in [-0.25, -0.2) is 13.1 Å². The molecule has 172 valence electrons. The van der Waals surface area contributed by atoms with Crippen molar-refractivity contribution in [2.45, 2.75) is 23.8 Å². The first kappa shape index (κ1) is 23.8. The van der Waals surface area contributed by atoms with Crippen molar-refractivity contribution in [2.75, 3.05) is 6.61 Å². The Hall–Kier alpha value is -3.83. The van der Waals surface area contributed by atoms with Crippen molar-refractivity contribution in [1.82, 2.24) is 9.71 Å². The SMILES string of the molecule is NC(=O)c1ccc(S(=O)(=O)NC(C=O)CC(=O)O)c(OCCc2cccc3ncccc23)c1. The molecule has 0 saturated carbocycles. The summed E-state index contributed by atoms with van der Waals surface area (Å²) in [4.78, 5) is 37.5. The highest BCUT2D eigenvalue weighted by molar-refractivity contribution is 7.89. The summed E-state index contributed by atoms with van der Waals surface area (Å²) in [5, 5.41) is 9.78. The molecule has 0 aliphatic carbocycles. The average Bonchev–Trinajstić information content (AvgIpc) is 2.78. The standard InChI is InChI=1S/C22H21N3O7S/c23-22(29)15-6-7-20(33(30,31)25-16(13-26)12-21(27)28)19(11-15)32-10-8-14-3-1-5-18-17(14)4-2-9-24-18/h1-7,9,11,13,16,25H,8,10,12H2,(H2,23,29)(H,27,28). The number of aliphatic carboxylic acids is 1. The second-order valence-electron chi connectivity index (χ2n) is 7.07. The van der Waals surface area contributed by atoms with Gasteiger partial charge in [-0.3, -0.25) is 14.6 Å². The molecule has 1 heterocycles. The molecule has 2 aromatic carbocycles. The Labute approximate surface area is 189 Å². The Kier molecular flexibility index (Phi) is 7.36. The molecule has 0 radical (unpaired) electrons. The second kappa shape index (κ2) is 10.2. The topological polar surface area (TPSA) is 166 Å². The van der Waals surface area contributed by atoms with Crippen LogP contribution in [0.25, 0.3) is 10.9 Å². The minimum atomic E-state index is -4.35. The maximum absolute atomic E-state index is 12.8. The number of rotatable bonds is 11. The van der Waals surface area contributed by atoms with Crippen LogP contribution in [0.2, 0.25) is 0 Å². The molecule has 11 heteroatoms. The van der Waals surface area contributed by atoms with E-state index in [2.05, 4.69) is 4.98 Å². The van der Waals surface area contributed by atoms with Crippen molar-refractivity contribution in [2.24, 2.45) is 5.73 Å². The molecule has 0 fully saturated rings. The lowest BCUT2D eigenvalue weighted by molar-refractivity contribution is -0.138. The fourth-order valence-electron chi connectivity index (χ4n) is 3.22. The van der Waals surface area contributed by atoms with E-state index in [9.17, 15) is 22.8 Å². The molecule has 0 aliphatic rings. The molecule has 0 saturated heterocycles. The highest BCUT2D eigenvalue weighted by Gasteiger charge is 2.26. The first-order chi connectivity index (χ1) is 15.7. The Balaban J connectivity index is 1.86. The highest BCUT2D eigenvalue weighted by Crippen LogP contribution is 2.26. The van der Waals surface area contributed by atoms with Crippen molar-refractivity contribution in [1.29, 1.82) is 0 Å². The molecular weight excluding hydrogens is 450 g/mol. The zero-order chi connectivity index (χ0) is 24.0. The van der Waals surface area contributed by atoms with E-state index in [0.29, 0.717) is 6.42 Å². The Bertz CT molecular complexity index is 1300. The van der Waals surface area contributed by atoms with Gasteiger partial charge in [0.25, 0.3) is 0 Å². The van der Waals surface area contributed by atoms with Gasteiger partial charge in [0, 0.05) is 23.6 Å². The summed E-state index contributed by atoms with van der Waals surface area (Å²) in [6.45, 7) is 0.0605. The third-order valence-electron chi connectivity index (χ3n) is 4.75. The lowest BCUT2D eigenvalue weighted by atomic mass is 10.1. The number of nitrogens with zero attached hydrogens (tertiary/aromatic N) is 1. The molecule has 0 aliphatic heterocycles. The van der Waals surface area contributed by atoms with Gasteiger partial charge in [0.05, 0.1) is 24.6 Å². The maximum atomic E-state index is 12.8. The van der Waals surface area contributed by atoms with Gasteiger partial charge in [-0.1, -0.05) is 18.2 Å². The molecule has 3 aromatic rings. The summed E-state index contributed by atoms with van der Waals surface area (Å²) in [5.74, 6) is -2.29. The van der Waals surface area contributed by atoms with Crippen LogP contribution < -0.4 is 15.2 Å². The first-order valence-electron chi connectivity index (χ1n) is 9.80. The van der Waals surface area contributed by atoms with Gasteiger partial charge in [0.1, 0.15) is 16.9 Å². The summed E-state index contributed by atoms with van der Waals surface area (Å²) in [6.07, 6.45) is 1.55. The molecule has 0 spiro atoms. The molecule has 1 amide bonds. The van der Waals surface area contributed by atoms with Crippen LogP contribution in [0, 0.1) is 0 Å². The van der Waals surface area contributed by atoms with E-state index in [1.165, 1.54) is 12.1 Å². The van der Waals surface area contributed by atoms with E-state index in [1.807, 2.05) is 29.0 Å². The molecule has 3 rings (SSSR count). The fraction of sp³-hybridized carbons (Fsp3) is 0.182. The number of primary amides is 1. The lowest BCUT2D eigenvalue weighted by Gasteiger charge is -2.16. The minimum Gasteiger partial charge on any atom is -0.492 e. The zero-order valence-corrected chi connectivity index (χ0v) is 18.1. The van der Waals surface area contributed by atoms with Crippen LogP contribution in [0.1, 0.15) is 22.3 Å². The summed E-state index contributed by atoms with van der Waals surface area (Å²) >= 11 is 0. The normalized spacial score (nSPS) is 12.2. The van der Waals surface area contributed by atoms with Gasteiger partial charge in [0.15, 0.2) is 0 Å². The number of aromatic nitrogens is 1. The molecule has 1 unspecified atom stereocenters. The molecule has 10 nitrogen and oxygen atoms in total. The first-order valence-corrected chi connectivity index (χ1v) is 11.3. The van der Waals surface area contributed by atoms with Crippen molar-refractivity contribution < 1.29 is 32.6 Å². The summed E-state index contributed by atoms with van der Waals surface area (Å²) in [5.41, 5.74) is 7.06. The zero-order valence-electron chi connectivity index (χ0n) is 17.3.